The number of rotatable bonds is 8. The molecule has 1 N–H and O–H groups in total. The lowest BCUT2D eigenvalue weighted by Crippen LogP contribution is -2.49. The van der Waals surface area contributed by atoms with Gasteiger partial charge in [0.05, 0.1) is 47.5 Å². The molecule has 2 aliphatic rings. The molecule has 43 heavy (non-hydrogen) atoms. The predicted octanol–water partition coefficient (Wildman–Crippen LogP) is 5.39. The number of benzene rings is 3. The molecule has 3 heterocycles. The number of aryl methyl sites for hydroxylation is 1. The first kappa shape index (κ1) is 29.0. The highest BCUT2D eigenvalue weighted by atomic mass is 35.5. The molecule has 6 rings (SSSR count). The summed E-state index contributed by atoms with van der Waals surface area (Å²) in [7, 11) is 1.78. The Balaban J connectivity index is 1.58. The van der Waals surface area contributed by atoms with Crippen molar-refractivity contribution >= 4 is 17.5 Å². The molecule has 0 saturated carbocycles. The maximum Gasteiger partial charge on any atom is 0.257 e. The number of halogens is 2. The van der Waals surface area contributed by atoms with Gasteiger partial charge in [0.1, 0.15) is 11.4 Å². The van der Waals surface area contributed by atoms with Crippen LogP contribution in [0.25, 0.3) is 0 Å². The van der Waals surface area contributed by atoms with Crippen molar-refractivity contribution < 1.29 is 23.8 Å². The molecule has 1 fully saturated rings. The Labute approximate surface area is 253 Å². The van der Waals surface area contributed by atoms with Gasteiger partial charge in [-0.05, 0) is 60.4 Å². The van der Waals surface area contributed by atoms with Gasteiger partial charge in [-0.3, -0.25) is 9.69 Å². The largest absolute Gasteiger partial charge is 0.379 e. The van der Waals surface area contributed by atoms with E-state index >= 15 is 4.39 Å². The molecule has 220 valence electrons. The molecule has 1 saturated heterocycles. The molecular weight excluding hydrogens is 571 g/mol. The number of carbonyl (C=O) groups excluding carboxylic acids is 1. The lowest BCUT2D eigenvalue weighted by molar-refractivity contribution is -0.148. The van der Waals surface area contributed by atoms with E-state index in [1.54, 1.807) is 85.7 Å². The highest BCUT2D eigenvalue weighted by Gasteiger charge is 2.56. The fraction of sp³-hybridized carbons (Fsp3) is 0.303. The Morgan fingerprint density at radius 2 is 1.98 bits per heavy atom. The van der Waals surface area contributed by atoms with E-state index in [0.717, 1.165) is 5.56 Å². The van der Waals surface area contributed by atoms with Crippen molar-refractivity contribution in [3.05, 3.63) is 123 Å². The van der Waals surface area contributed by atoms with Crippen molar-refractivity contribution in [3.8, 4) is 6.07 Å². The average Bonchev–Trinajstić information content (AvgIpc) is 3.75. The molecule has 3 atom stereocenters. The summed E-state index contributed by atoms with van der Waals surface area (Å²) in [6.45, 7) is 2.61. The topological polar surface area (TPSA) is 101 Å². The van der Waals surface area contributed by atoms with E-state index in [4.69, 9.17) is 21.1 Å². The number of carbonyl (C=O) groups is 1. The number of amides is 1. The molecule has 8 nitrogen and oxygen atoms in total. The van der Waals surface area contributed by atoms with Crippen LogP contribution in [0.1, 0.15) is 63.6 Å². The summed E-state index contributed by atoms with van der Waals surface area (Å²) < 4.78 is 30.9. The molecule has 1 amide bonds. The van der Waals surface area contributed by atoms with Crippen LogP contribution >= 0.6 is 11.6 Å². The summed E-state index contributed by atoms with van der Waals surface area (Å²) in [5.74, 6) is -1.16. The molecule has 4 aromatic rings. The minimum atomic E-state index is -1.67. The molecule has 10 heteroatoms. The third-order valence-corrected chi connectivity index (χ3v) is 8.54. The summed E-state index contributed by atoms with van der Waals surface area (Å²) in [5.41, 5.74) is -0.873. The van der Waals surface area contributed by atoms with Crippen molar-refractivity contribution in [1.29, 1.82) is 5.26 Å². The van der Waals surface area contributed by atoms with Gasteiger partial charge in [-0.25, -0.2) is 9.37 Å². The highest BCUT2D eigenvalue weighted by Crippen LogP contribution is 2.50. The van der Waals surface area contributed by atoms with E-state index < -0.39 is 29.2 Å². The summed E-state index contributed by atoms with van der Waals surface area (Å²) in [4.78, 5) is 20.3. The second-order valence-electron chi connectivity index (χ2n) is 11.0. The number of nitrogens with zero attached hydrogens (tertiary/aromatic N) is 4. The van der Waals surface area contributed by atoms with Crippen LogP contribution in [0.3, 0.4) is 0 Å². The van der Waals surface area contributed by atoms with Gasteiger partial charge < -0.3 is 19.1 Å². The van der Waals surface area contributed by atoms with Crippen molar-refractivity contribution in [3.63, 3.8) is 0 Å². The van der Waals surface area contributed by atoms with Crippen LogP contribution in [-0.4, -0.2) is 44.8 Å². The van der Waals surface area contributed by atoms with Crippen LogP contribution in [0.4, 0.5) is 4.39 Å². The predicted molar refractivity (Wildman–Crippen MR) is 156 cm³/mol. The lowest BCUT2D eigenvalue weighted by atomic mass is 9.84. The van der Waals surface area contributed by atoms with E-state index in [9.17, 15) is 15.2 Å². The average molecular weight is 601 g/mol. The van der Waals surface area contributed by atoms with Crippen molar-refractivity contribution in [2.24, 2.45) is 7.05 Å². The van der Waals surface area contributed by atoms with Crippen molar-refractivity contribution in [2.45, 2.75) is 43.7 Å². The summed E-state index contributed by atoms with van der Waals surface area (Å²) in [5, 5.41) is 21.6. The first-order valence-electron chi connectivity index (χ1n) is 14.1. The van der Waals surface area contributed by atoms with Crippen LogP contribution < -0.4 is 0 Å². The minimum Gasteiger partial charge on any atom is -0.379 e. The minimum absolute atomic E-state index is 0.0580. The quantitative estimate of drug-likeness (QED) is 0.291. The Morgan fingerprint density at radius 1 is 1.23 bits per heavy atom. The van der Waals surface area contributed by atoms with Gasteiger partial charge in [0.15, 0.2) is 0 Å². The Bertz CT molecular complexity index is 1710. The zero-order chi connectivity index (χ0) is 30.4. The summed E-state index contributed by atoms with van der Waals surface area (Å²) >= 11 is 6.26. The third kappa shape index (κ3) is 4.90. The van der Waals surface area contributed by atoms with Gasteiger partial charge in [-0.15, -0.1) is 0 Å². The number of nitriles is 1. The summed E-state index contributed by atoms with van der Waals surface area (Å²) in [6.07, 6.45) is 3.59. The van der Waals surface area contributed by atoms with E-state index in [0.29, 0.717) is 41.5 Å². The fourth-order valence-corrected chi connectivity index (χ4v) is 6.13. The molecular formula is C33H30ClFN4O4. The second kappa shape index (κ2) is 11.2. The van der Waals surface area contributed by atoms with E-state index in [2.05, 4.69) is 11.1 Å². The highest BCUT2D eigenvalue weighted by molar-refractivity contribution is 6.30. The normalized spacial score (nSPS) is 21.1. The van der Waals surface area contributed by atoms with Crippen LogP contribution in [0.2, 0.25) is 5.02 Å². The first-order valence-corrected chi connectivity index (χ1v) is 14.5. The maximum atomic E-state index is 16.8. The third-order valence-electron chi connectivity index (χ3n) is 8.29. The van der Waals surface area contributed by atoms with Crippen LogP contribution in [-0.2, 0) is 34.4 Å². The molecule has 0 spiro atoms. The molecule has 2 aliphatic heterocycles. The van der Waals surface area contributed by atoms with Gasteiger partial charge >= 0.3 is 0 Å². The van der Waals surface area contributed by atoms with Gasteiger partial charge in [0, 0.05) is 37.0 Å². The number of aromatic nitrogens is 2. The number of hydrogen-bond acceptors (Lipinski definition) is 6. The van der Waals surface area contributed by atoms with Gasteiger partial charge in [-0.2, -0.15) is 5.26 Å². The fourth-order valence-electron chi connectivity index (χ4n) is 6.01. The molecule has 0 bridgehead atoms. The van der Waals surface area contributed by atoms with Gasteiger partial charge in [-0.1, -0.05) is 42.8 Å². The van der Waals surface area contributed by atoms with Gasteiger partial charge in [0.25, 0.3) is 5.91 Å². The smallest absolute Gasteiger partial charge is 0.257 e. The standard InChI is InChI=1S/C33H30ClFN4O4/c1-3-32(41,29-18-38(2)20-37-29)24-14-27-30(28(35)15-24)33(43-26-12-13-42-19-26,23-8-10-25(34)11-9-23)39(31(27)40)17-22-6-4-21(16-36)5-7-22/h4-11,14-15,18,20,26,41H,3,12-13,17,19H2,1-2H3/t26?,32?,33-/m1/s1. The Kier molecular flexibility index (Phi) is 7.57. The Hall–Kier alpha value is -4.07. The van der Waals surface area contributed by atoms with Crippen LogP contribution in [0, 0.1) is 17.1 Å². The van der Waals surface area contributed by atoms with Gasteiger partial charge in [0.2, 0.25) is 5.72 Å². The van der Waals surface area contributed by atoms with E-state index in [1.807, 2.05) is 0 Å². The monoisotopic (exact) mass is 600 g/mol. The van der Waals surface area contributed by atoms with Crippen LogP contribution in [0.15, 0.2) is 73.2 Å². The number of imidazole rings is 1. The molecule has 0 aliphatic carbocycles. The molecule has 0 radical (unpaired) electrons. The maximum absolute atomic E-state index is 16.8. The van der Waals surface area contributed by atoms with E-state index in [-0.39, 0.29) is 29.7 Å². The first-order chi connectivity index (χ1) is 20.7. The van der Waals surface area contributed by atoms with E-state index in [1.165, 1.54) is 11.0 Å². The van der Waals surface area contributed by atoms with Crippen molar-refractivity contribution in [2.75, 3.05) is 13.2 Å². The Morgan fingerprint density at radius 3 is 2.58 bits per heavy atom. The summed E-state index contributed by atoms with van der Waals surface area (Å²) in [6, 6.07) is 18.6. The SMILES string of the molecule is CCC(O)(c1cc(F)c2c(c1)C(=O)N(Cc1ccc(C#N)cc1)[C@@]2(OC1CCOC1)c1ccc(Cl)cc1)c1cn(C)cn1. The number of aliphatic hydroxyl groups is 1. The molecule has 2 unspecified atom stereocenters. The number of ether oxygens (including phenoxy) is 2. The zero-order valence-electron chi connectivity index (χ0n) is 23.8. The molecule has 1 aromatic heterocycles. The number of hydrogen-bond donors (Lipinski definition) is 1. The number of fused-ring (bicyclic) bond motifs is 1. The lowest BCUT2D eigenvalue weighted by Gasteiger charge is -2.41. The zero-order valence-corrected chi connectivity index (χ0v) is 24.5. The molecule has 3 aromatic carbocycles. The second-order valence-corrected chi connectivity index (χ2v) is 11.4. The van der Waals surface area contributed by atoms with Crippen molar-refractivity contribution in [1.82, 2.24) is 14.5 Å². The van der Waals surface area contributed by atoms with Crippen LogP contribution in [0.5, 0.6) is 0 Å².